The fourth-order valence-corrected chi connectivity index (χ4v) is 4.97. The van der Waals surface area contributed by atoms with Crippen molar-refractivity contribution in [2.75, 3.05) is 6.54 Å². The molecule has 0 bridgehead atoms. The molecule has 1 unspecified atom stereocenters. The van der Waals surface area contributed by atoms with Crippen LogP contribution in [0.4, 0.5) is 9.18 Å². The van der Waals surface area contributed by atoms with Gasteiger partial charge in [0, 0.05) is 12.6 Å². The molecule has 0 aromatic heterocycles. The van der Waals surface area contributed by atoms with Crippen molar-refractivity contribution in [2.45, 2.75) is 56.8 Å². The van der Waals surface area contributed by atoms with Gasteiger partial charge in [-0.15, -0.1) is 0 Å². The summed E-state index contributed by atoms with van der Waals surface area (Å²) in [4.78, 5) is 13.7. The van der Waals surface area contributed by atoms with E-state index >= 15 is 0 Å². The van der Waals surface area contributed by atoms with Crippen molar-refractivity contribution >= 4 is 15.9 Å². The molecule has 7 heteroatoms. The van der Waals surface area contributed by atoms with Crippen molar-refractivity contribution in [1.29, 1.82) is 0 Å². The van der Waals surface area contributed by atoms with Crippen LogP contribution in [0.5, 0.6) is 0 Å². The number of amides is 1. The van der Waals surface area contributed by atoms with E-state index in [0.29, 0.717) is 18.5 Å². The van der Waals surface area contributed by atoms with Gasteiger partial charge >= 0.3 is 6.09 Å². The molecular formula is C17H24FNO4S. The zero-order valence-electron chi connectivity index (χ0n) is 14.5. The average Bonchev–Trinajstić information content (AvgIpc) is 2.82. The monoisotopic (exact) mass is 357 g/mol. The number of nitrogens with zero attached hydrogens (tertiary/aromatic N) is 1. The maximum absolute atomic E-state index is 13.0. The van der Waals surface area contributed by atoms with E-state index in [2.05, 4.69) is 0 Å². The van der Waals surface area contributed by atoms with Crippen LogP contribution < -0.4 is 0 Å². The summed E-state index contributed by atoms with van der Waals surface area (Å²) in [5, 5.41) is -0.643. The number of carbonyl (C=O) groups is 1. The van der Waals surface area contributed by atoms with Crippen LogP contribution in [-0.2, 0) is 20.3 Å². The first-order chi connectivity index (χ1) is 11.0. The number of carbonyl (C=O) groups excluding carboxylic acids is 1. The van der Waals surface area contributed by atoms with Crippen molar-refractivity contribution in [2.24, 2.45) is 0 Å². The molecule has 1 aliphatic heterocycles. The van der Waals surface area contributed by atoms with E-state index in [1.807, 2.05) is 0 Å². The first-order valence-electron chi connectivity index (χ1n) is 7.95. The predicted molar refractivity (Wildman–Crippen MR) is 89.8 cm³/mol. The molecular weight excluding hydrogens is 333 g/mol. The molecule has 1 heterocycles. The van der Waals surface area contributed by atoms with Gasteiger partial charge in [0.05, 0.1) is 11.0 Å². The molecule has 24 heavy (non-hydrogen) atoms. The van der Waals surface area contributed by atoms with Crippen LogP contribution in [0.1, 0.15) is 39.7 Å². The van der Waals surface area contributed by atoms with E-state index in [1.54, 1.807) is 27.7 Å². The molecule has 0 N–H and O–H groups in total. The first kappa shape index (κ1) is 18.7. The Bertz CT molecular complexity index is 694. The van der Waals surface area contributed by atoms with Crippen LogP contribution in [-0.4, -0.2) is 42.8 Å². The highest BCUT2D eigenvalue weighted by molar-refractivity contribution is 7.91. The lowest BCUT2D eigenvalue weighted by Gasteiger charge is -2.28. The predicted octanol–water partition coefficient (Wildman–Crippen LogP) is 3.14. The lowest BCUT2D eigenvalue weighted by molar-refractivity contribution is 0.0240. The van der Waals surface area contributed by atoms with Gasteiger partial charge in [-0.25, -0.2) is 17.6 Å². The summed E-state index contributed by atoms with van der Waals surface area (Å²) in [6, 6.07) is 4.98. The third-order valence-electron chi connectivity index (χ3n) is 4.05. The summed E-state index contributed by atoms with van der Waals surface area (Å²) in [6.07, 6.45) is -0.112. The Morgan fingerprint density at radius 1 is 1.29 bits per heavy atom. The molecule has 0 saturated carbocycles. The van der Waals surface area contributed by atoms with Gasteiger partial charge in [0.1, 0.15) is 11.4 Å². The van der Waals surface area contributed by atoms with Gasteiger partial charge in [-0.2, -0.15) is 0 Å². The molecule has 2 rings (SSSR count). The normalized spacial score (nSPS) is 21.8. The van der Waals surface area contributed by atoms with Crippen molar-refractivity contribution in [3.63, 3.8) is 0 Å². The van der Waals surface area contributed by atoms with Crippen LogP contribution in [0, 0.1) is 5.82 Å². The van der Waals surface area contributed by atoms with Crippen LogP contribution in [0.25, 0.3) is 0 Å². The Labute approximate surface area is 142 Å². The fraction of sp³-hybridized carbons (Fsp3) is 0.588. The van der Waals surface area contributed by atoms with Gasteiger partial charge in [-0.1, -0.05) is 12.1 Å². The second-order valence-electron chi connectivity index (χ2n) is 7.18. The molecule has 0 spiro atoms. The van der Waals surface area contributed by atoms with Crippen molar-refractivity contribution in [1.82, 2.24) is 4.90 Å². The van der Waals surface area contributed by atoms with E-state index in [9.17, 15) is 17.6 Å². The number of likely N-dealkylation sites (tertiary alicyclic amines) is 1. The van der Waals surface area contributed by atoms with Crippen LogP contribution in [0.2, 0.25) is 0 Å². The van der Waals surface area contributed by atoms with E-state index in [4.69, 9.17) is 4.74 Å². The fourth-order valence-electron chi connectivity index (χ4n) is 2.89. The Morgan fingerprint density at radius 3 is 2.42 bits per heavy atom. The van der Waals surface area contributed by atoms with Crippen LogP contribution in [0.3, 0.4) is 0 Å². The second kappa shape index (κ2) is 6.70. The molecule has 1 saturated heterocycles. The largest absolute Gasteiger partial charge is 0.444 e. The number of hydrogen-bond donors (Lipinski definition) is 0. The zero-order valence-corrected chi connectivity index (χ0v) is 15.3. The maximum Gasteiger partial charge on any atom is 0.410 e. The van der Waals surface area contributed by atoms with E-state index in [1.165, 1.54) is 29.2 Å². The molecule has 2 atom stereocenters. The summed E-state index contributed by atoms with van der Waals surface area (Å²) in [5.74, 6) is -0.564. The minimum absolute atomic E-state index is 0.162. The third kappa shape index (κ3) is 4.47. The Hall–Kier alpha value is -1.63. The number of ether oxygens (including phenoxy) is 1. The van der Waals surface area contributed by atoms with Gasteiger partial charge in [0.2, 0.25) is 0 Å². The quantitative estimate of drug-likeness (QED) is 0.834. The van der Waals surface area contributed by atoms with Crippen molar-refractivity contribution in [3.8, 4) is 0 Å². The number of benzene rings is 1. The molecule has 1 fully saturated rings. The highest BCUT2D eigenvalue weighted by Gasteiger charge is 2.42. The Kier molecular flexibility index (Phi) is 5.22. The van der Waals surface area contributed by atoms with Gasteiger partial charge < -0.3 is 9.64 Å². The maximum atomic E-state index is 13.0. The topological polar surface area (TPSA) is 63.7 Å². The van der Waals surface area contributed by atoms with E-state index in [0.717, 1.165) is 0 Å². The molecule has 0 radical (unpaired) electrons. The Balaban J connectivity index is 2.09. The Morgan fingerprint density at radius 2 is 1.88 bits per heavy atom. The molecule has 1 aliphatic rings. The molecule has 0 aliphatic carbocycles. The molecule has 5 nitrogen and oxygen atoms in total. The molecule has 1 aromatic rings. The first-order valence-corrected chi connectivity index (χ1v) is 9.67. The number of sulfone groups is 1. The minimum Gasteiger partial charge on any atom is -0.444 e. The van der Waals surface area contributed by atoms with Crippen molar-refractivity contribution in [3.05, 3.63) is 35.6 Å². The summed E-state index contributed by atoms with van der Waals surface area (Å²) >= 11 is 0. The zero-order chi connectivity index (χ0) is 18.1. The number of halogens is 1. The SMILES string of the molecule is CC1[C@H](S(=O)(=O)Cc2ccc(F)cc2)CCN1C(=O)OC(C)(C)C. The van der Waals surface area contributed by atoms with Crippen molar-refractivity contribution < 1.29 is 22.3 Å². The lowest BCUT2D eigenvalue weighted by Crippen LogP contribution is -2.42. The minimum atomic E-state index is -3.46. The molecule has 1 amide bonds. The summed E-state index contributed by atoms with van der Waals surface area (Å²) in [6.45, 7) is 7.39. The average molecular weight is 357 g/mol. The highest BCUT2D eigenvalue weighted by Crippen LogP contribution is 2.28. The lowest BCUT2D eigenvalue weighted by atomic mass is 10.2. The summed E-state index contributed by atoms with van der Waals surface area (Å²) in [7, 11) is -3.46. The van der Waals surface area contributed by atoms with E-state index in [-0.39, 0.29) is 5.75 Å². The standard InChI is InChI=1S/C17H24FNO4S/c1-12-15(9-10-19(12)16(20)23-17(2,3)4)24(21,22)11-13-5-7-14(18)8-6-13/h5-8,12,15H,9-11H2,1-4H3/t12?,15-/m1/s1. The van der Waals surface area contributed by atoms with Gasteiger partial charge in [0.25, 0.3) is 0 Å². The third-order valence-corrected chi connectivity index (χ3v) is 6.34. The molecule has 134 valence electrons. The number of rotatable bonds is 3. The van der Waals surface area contributed by atoms with Crippen LogP contribution >= 0.6 is 0 Å². The van der Waals surface area contributed by atoms with Crippen LogP contribution in [0.15, 0.2) is 24.3 Å². The van der Waals surface area contributed by atoms with Gasteiger partial charge in [0.15, 0.2) is 9.84 Å². The van der Waals surface area contributed by atoms with Gasteiger partial charge in [-0.3, -0.25) is 0 Å². The smallest absolute Gasteiger partial charge is 0.410 e. The summed E-state index contributed by atoms with van der Waals surface area (Å²) in [5.41, 5.74) is -0.0821. The number of hydrogen-bond acceptors (Lipinski definition) is 4. The van der Waals surface area contributed by atoms with Gasteiger partial charge in [-0.05, 0) is 51.8 Å². The second-order valence-corrected chi connectivity index (χ2v) is 9.40. The molecule has 1 aromatic carbocycles. The van der Waals surface area contributed by atoms with E-state index < -0.39 is 38.6 Å². The summed E-state index contributed by atoms with van der Waals surface area (Å²) < 4.78 is 43.6. The highest BCUT2D eigenvalue weighted by atomic mass is 32.2.